The Morgan fingerprint density at radius 2 is 1.71 bits per heavy atom. The Morgan fingerprint density at radius 1 is 1.03 bits per heavy atom. The Bertz CT molecular complexity index is 1270. The molecule has 0 radical (unpaired) electrons. The van der Waals surface area contributed by atoms with Gasteiger partial charge in [-0.15, -0.1) is 0 Å². The summed E-state index contributed by atoms with van der Waals surface area (Å²) in [6, 6.07) is 9.45. The number of benzene rings is 2. The van der Waals surface area contributed by atoms with Crippen molar-refractivity contribution in [2.75, 3.05) is 18.0 Å². The number of aromatic nitrogens is 1. The minimum atomic E-state index is -4.03. The lowest BCUT2D eigenvalue weighted by Gasteiger charge is -2.21. The van der Waals surface area contributed by atoms with Crippen LogP contribution in [0.1, 0.15) is 38.7 Å². The third-order valence-corrected chi connectivity index (χ3v) is 7.72. The molecule has 0 aliphatic carbocycles. The molecule has 0 N–H and O–H groups in total. The second-order valence-electron chi connectivity index (χ2n) is 8.03. The van der Waals surface area contributed by atoms with E-state index >= 15 is 0 Å². The van der Waals surface area contributed by atoms with E-state index < -0.39 is 21.1 Å². The Hall–Kier alpha value is -2.67. The number of aryl methyl sites for hydroxylation is 2. The maximum absolute atomic E-state index is 15.0. The van der Waals surface area contributed by atoms with Crippen LogP contribution in [0.3, 0.4) is 0 Å². The summed E-state index contributed by atoms with van der Waals surface area (Å²) in [4.78, 5) is 15.0. The standard InChI is InChI=1S/C24H27FN2O3S/c1-3-11-27-16-23(31(29,30)18-9-7-17(4-2)8-10-18)24(28)19-14-20(25)22(15-21(19)27)26-12-5-6-13-26/h7-10,14-16H,3-6,11-13H2,1-2H3. The predicted octanol–water partition coefficient (Wildman–Crippen LogP) is 4.55. The molecule has 2 heterocycles. The fourth-order valence-corrected chi connectivity index (χ4v) is 5.59. The van der Waals surface area contributed by atoms with Gasteiger partial charge in [-0.1, -0.05) is 26.0 Å². The monoisotopic (exact) mass is 442 g/mol. The quantitative estimate of drug-likeness (QED) is 0.562. The van der Waals surface area contributed by atoms with Gasteiger partial charge in [0.05, 0.1) is 21.5 Å². The molecule has 0 bridgehead atoms. The largest absolute Gasteiger partial charge is 0.369 e. The van der Waals surface area contributed by atoms with Crippen molar-refractivity contribution < 1.29 is 12.8 Å². The molecular formula is C24H27FN2O3S. The molecule has 2 aromatic carbocycles. The summed E-state index contributed by atoms with van der Waals surface area (Å²) in [5.74, 6) is -0.489. The fourth-order valence-electron chi connectivity index (χ4n) is 4.22. The molecule has 1 aliphatic heterocycles. The van der Waals surface area contributed by atoms with Crippen molar-refractivity contribution in [2.45, 2.75) is 55.9 Å². The van der Waals surface area contributed by atoms with Gasteiger partial charge in [0.25, 0.3) is 0 Å². The summed E-state index contributed by atoms with van der Waals surface area (Å²) in [7, 11) is -4.03. The van der Waals surface area contributed by atoms with E-state index in [-0.39, 0.29) is 15.2 Å². The van der Waals surface area contributed by atoms with E-state index in [9.17, 15) is 17.6 Å². The smallest absolute Gasteiger partial charge is 0.211 e. The molecule has 1 fully saturated rings. The normalized spacial score (nSPS) is 14.5. The maximum Gasteiger partial charge on any atom is 0.211 e. The van der Waals surface area contributed by atoms with Gasteiger partial charge in [0.1, 0.15) is 10.7 Å². The highest BCUT2D eigenvalue weighted by Gasteiger charge is 2.25. The minimum Gasteiger partial charge on any atom is -0.369 e. The van der Waals surface area contributed by atoms with E-state index in [4.69, 9.17) is 0 Å². The first-order valence-corrected chi connectivity index (χ1v) is 12.3. The minimum absolute atomic E-state index is 0.0679. The molecule has 3 aromatic rings. The number of hydrogen-bond donors (Lipinski definition) is 0. The SMILES string of the molecule is CCCn1cc(S(=O)(=O)c2ccc(CC)cc2)c(=O)c2cc(F)c(N3CCCC3)cc21. The van der Waals surface area contributed by atoms with Crippen LogP contribution in [0, 0.1) is 5.82 Å². The zero-order chi connectivity index (χ0) is 22.2. The van der Waals surface area contributed by atoms with Crippen molar-refractivity contribution in [3.8, 4) is 0 Å². The number of sulfone groups is 1. The Morgan fingerprint density at radius 3 is 2.32 bits per heavy atom. The Kier molecular flexibility index (Phi) is 5.88. The average molecular weight is 443 g/mol. The molecule has 1 saturated heterocycles. The number of nitrogens with zero attached hydrogens (tertiary/aromatic N) is 2. The number of halogens is 1. The van der Waals surface area contributed by atoms with Crippen LogP contribution in [0.2, 0.25) is 0 Å². The molecule has 7 heteroatoms. The predicted molar refractivity (Wildman–Crippen MR) is 121 cm³/mol. The molecule has 5 nitrogen and oxygen atoms in total. The Balaban J connectivity index is 1.93. The van der Waals surface area contributed by atoms with Gasteiger partial charge >= 0.3 is 0 Å². The van der Waals surface area contributed by atoms with Gasteiger partial charge in [0, 0.05) is 25.8 Å². The topological polar surface area (TPSA) is 59.4 Å². The number of hydrogen-bond acceptors (Lipinski definition) is 4. The number of anilines is 1. The summed E-state index contributed by atoms with van der Waals surface area (Å²) < 4.78 is 43.3. The van der Waals surface area contributed by atoms with E-state index in [0.29, 0.717) is 17.7 Å². The van der Waals surface area contributed by atoms with Gasteiger partial charge in [0.15, 0.2) is 0 Å². The summed E-state index contributed by atoms with van der Waals surface area (Å²) in [6.45, 7) is 6.05. The molecule has 0 spiro atoms. The van der Waals surface area contributed by atoms with Crippen LogP contribution in [0.5, 0.6) is 0 Å². The highest BCUT2D eigenvalue weighted by molar-refractivity contribution is 7.91. The van der Waals surface area contributed by atoms with Gasteiger partial charge in [-0.05, 0) is 55.5 Å². The maximum atomic E-state index is 15.0. The van der Waals surface area contributed by atoms with Crippen LogP contribution in [0.25, 0.3) is 10.9 Å². The number of rotatable bonds is 6. The highest BCUT2D eigenvalue weighted by Crippen LogP contribution is 2.29. The third-order valence-electron chi connectivity index (χ3n) is 5.96. The molecule has 0 unspecified atom stereocenters. The lowest BCUT2D eigenvalue weighted by atomic mass is 10.1. The Labute approximate surface area is 182 Å². The first kappa shape index (κ1) is 21.6. The van der Waals surface area contributed by atoms with Crippen LogP contribution >= 0.6 is 0 Å². The molecular weight excluding hydrogens is 415 g/mol. The van der Waals surface area contributed by atoms with Crippen LogP contribution in [0.4, 0.5) is 10.1 Å². The van der Waals surface area contributed by atoms with Crippen molar-refractivity contribution in [1.29, 1.82) is 0 Å². The lowest BCUT2D eigenvalue weighted by Crippen LogP contribution is -2.22. The molecule has 31 heavy (non-hydrogen) atoms. The van der Waals surface area contributed by atoms with Crippen molar-refractivity contribution in [1.82, 2.24) is 4.57 Å². The van der Waals surface area contributed by atoms with E-state index in [0.717, 1.165) is 44.3 Å². The molecule has 0 atom stereocenters. The molecule has 164 valence electrons. The number of fused-ring (bicyclic) bond motifs is 1. The second kappa shape index (κ2) is 8.46. The van der Waals surface area contributed by atoms with E-state index in [2.05, 4.69) is 0 Å². The summed E-state index contributed by atoms with van der Waals surface area (Å²) >= 11 is 0. The van der Waals surface area contributed by atoms with Crippen molar-refractivity contribution in [3.63, 3.8) is 0 Å². The third kappa shape index (κ3) is 3.87. The molecule has 0 saturated carbocycles. The van der Waals surface area contributed by atoms with Gasteiger partial charge in [-0.25, -0.2) is 12.8 Å². The summed E-state index contributed by atoms with van der Waals surface area (Å²) in [5, 5.41) is 0.0974. The van der Waals surface area contributed by atoms with E-state index in [1.54, 1.807) is 22.8 Å². The molecule has 1 aliphatic rings. The van der Waals surface area contributed by atoms with E-state index in [1.807, 2.05) is 18.7 Å². The highest BCUT2D eigenvalue weighted by atomic mass is 32.2. The van der Waals surface area contributed by atoms with Crippen LogP contribution < -0.4 is 10.3 Å². The van der Waals surface area contributed by atoms with Crippen LogP contribution in [0.15, 0.2) is 57.2 Å². The average Bonchev–Trinajstić information content (AvgIpc) is 3.30. The van der Waals surface area contributed by atoms with Crippen LogP contribution in [-0.2, 0) is 22.8 Å². The van der Waals surface area contributed by atoms with Crippen molar-refractivity contribution >= 4 is 26.4 Å². The first-order valence-electron chi connectivity index (χ1n) is 10.8. The van der Waals surface area contributed by atoms with Gasteiger partial charge < -0.3 is 9.47 Å². The molecule has 1 aromatic heterocycles. The zero-order valence-corrected chi connectivity index (χ0v) is 18.7. The first-order chi connectivity index (χ1) is 14.9. The molecule has 0 amide bonds. The zero-order valence-electron chi connectivity index (χ0n) is 17.9. The fraction of sp³-hybridized carbons (Fsp3) is 0.375. The summed E-state index contributed by atoms with van der Waals surface area (Å²) in [6.07, 6.45) is 4.97. The van der Waals surface area contributed by atoms with Crippen molar-refractivity contribution in [2.24, 2.45) is 0 Å². The lowest BCUT2D eigenvalue weighted by molar-refractivity contribution is 0.592. The molecule has 4 rings (SSSR count). The van der Waals surface area contributed by atoms with E-state index in [1.165, 1.54) is 24.4 Å². The summed E-state index contributed by atoms with van der Waals surface area (Å²) in [5.41, 5.74) is 1.39. The number of pyridine rings is 1. The van der Waals surface area contributed by atoms with Gasteiger partial charge in [-0.2, -0.15) is 0 Å². The van der Waals surface area contributed by atoms with Crippen LogP contribution in [-0.4, -0.2) is 26.1 Å². The van der Waals surface area contributed by atoms with Gasteiger partial charge in [-0.3, -0.25) is 4.79 Å². The van der Waals surface area contributed by atoms with Crippen molar-refractivity contribution in [3.05, 3.63) is 64.2 Å². The second-order valence-corrected chi connectivity index (χ2v) is 9.95. The van der Waals surface area contributed by atoms with Gasteiger partial charge in [0.2, 0.25) is 15.3 Å².